The minimum Gasteiger partial charge on any atom is -0.313 e. The molecule has 1 unspecified atom stereocenters. The molecule has 53 valence electrons. The van der Waals surface area contributed by atoms with Crippen LogP contribution in [-0.4, -0.2) is 7.05 Å². The van der Waals surface area contributed by atoms with Crippen molar-refractivity contribution in [1.82, 2.24) is 5.32 Å². The van der Waals surface area contributed by atoms with Gasteiger partial charge >= 0.3 is 0 Å². The van der Waals surface area contributed by atoms with Crippen LogP contribution in [0.1, 0.15) is 18.5 Å². The van der Waals surface area contributed by atoms with Crippen molar-refractivity contribution in [3.8, 4) is 0 Å². The molecule has 1 N–H and O–H groups in total. The first-order valence-corrected chi connectivity index (χ1v) is 3.48. The first kappa shape index (κ1) is 7.29. The normalized spacial score (nSPS) is 13.0. The summed E-state index contributed by atoms with van der Waals surface area (Å²) in [5.41, 5.74) is 1.21. The minimum atomic E-state index is 0.404. The zero-order valence-corrected chi connectivity index (χ0v) is 6.39. The SMILES string of the molecule is CNC(C)c1[c]cccc1. The fourth-order valence-corrected chi connectivity index (χ4v) is 0.832. The van der Waals surface area contributed by atoms with Crippen molar-refractivity contribution in [2.24, 2.45) is 0 Å². The maximum atomic E-state index is 3.16. The van der Waals surface area contributed by atoms with Crippen molar-refractivity contribution in [2.75, 3.05) is 7.05 Å². The molecule has 0 spiro atoms. The van der Waals surface area contributed by atoms with Crippen molar-refractivity contribution >= 4 is 0 Å². The summed E-state index contributed by atoms with van der Waals surface area (Å²) in [6, 6.07) is 11.6. The van der Waals surface area contributed by atoms with Gasteiger partial charge in [-0.05, 0) is 25.6 Å². The minimum absolute atomic E-state index is 0.404. The first-order valence-electron chi connectivity index (χ1n) is 3.48. The average molecular weight is 134 g/mol. The van der Waals surface area contributed by atoms with Gasteiger partial charge in [-0.15, -0.1) is 0 Å². The Hall–Kier alpha value is -0.820. The highest BCUT2D eigenvalue weighted by Crippen LogP contribution is 2.08. The summed E-state index contributed by atoms with van der Waals surface area (Å²) in [7, 11) is 1.95. The maximum Gasteiger partial charge on any atom is 0.0295 e. The van der Waals surface area contributed by atoms with Crippen molar-refractivity contribution in [3.63, 3.8) is 0 Å². The Balaban J connectivity index is 2.75. The van der Waals surface area contributed by atoms with E-state index < -0.39 is 0 Å². The van der Waals surface area contributed by atoms with Gasteiger partial charge in [0.15, 0.2) is 0 Å². The smallest absolute Gasteiger partial charge is 0.0295 e. The van der Waals surface area contributed by atoms with E-state index in [-0.39, 0.29) is 0 Å². The Bertz CT molecular complexity index is 181. The molecule has 1 nitrogen and oxygen atoms in total. The van der Waals surface area contributed by atoms with Crippen LogP contribution >= 0.6 is 0 Å². The molecule has 1 aromatic rings. The molecule has 0 aliphatic rings. The van der Waals surface area contributed by atoms with Crippen LogP contribution in [0.15, 0.2) is 24.3 Å². The number of nitrogens with one attached hydrogen (secondary N) is 1. The summed E-state index contributed by atoms with van der Waals surface area (Å²) in [4.78, 5) is 0. The van der Waals surface area contributed by atoms with Crippen LogP contribution in [0.2, 0.25) is 0 Å². The lowest BCUT2D eigenvalue weighted by Crippen LogP contribution is -2.11. The van der Waals surface area contributed by atoms with Crippen LogP contribution in [0.3, 0.4) is 0 Å². The highest BCUT2D eigenvalue weighted by molar-refractivity contribution is 5.16. The molecule has 0 aliphatic heterocycles. The molecule has 1 aromatic carbocycles. The maximum absolute atomic E-state index is 3.16. The summed E-state index contributed by atoms with van der Waals surface area (Å²) in [5, 5.41) is 3.15. The monoisotopic (exact) mass is 134 g/mol. The van der Waals surface area contributed by atoms with Crippen LogP contribution in [0.4, 0.5) is 0 Å². The Morgan fingerprint density at radius 3 is 2.80 bits per heavy atom. The van der Waals surface area contributed by atoms with E-state index in [0.29, 0.717) is 6.04 Å². The second kappa shape index (κ2) is 3.37. The van der Waals surface area contributed by atoms with E-state index in [1.807, 2.05) is 25.2 Å². The number of benzene rings is 1. The van der Waals surface area contributed by atoms with Gasteiger partial charge in [-0.3, -0.25) is 0 Å². The lowest BCUT2D eigenvalue weighted by Gasteiger charge is -2.08. The van der Waals surface area contributed by atoms with Gasteiger partial charge in [0.1, 0.15) is 0 Å². The summed E-state index contributed by atoms with van der Waals surface area (Å²) in [6.07, 6.45) is 0. The Labute approximate surface area is 62.1 Å². The molecule has 0 aliphatic carbocycles. The fourth-order valence-electron chi connectivity index (χ4n) is 0.832. The standard InChI is InChI=1S/C9H12N/c1-8(10-2)9-6-4-3-5-7-9/h3-6,8,10H,1-2H3. The van der Waals surface area contributed by atoms with E-state index in [4.69, 9.17) is 0 Å². The first-order chi connectivity index (χ1) is 4.84. The predicted octanol–water partition coefficient (Wildman–Crippen LogP) is 1.77. The number of hydrogen-bond acceptors (Lipinski definition) is 1. The number of rotatable bonds is 2. The van der Waals surface area contributed by atoms with E-state index in [9.17, 15) is 0 Å². The molecule has 1 radical (unpaired) electrons. The van der Waals surface area contributed by atoms with E-state index in [2.05, 4.69) is 24.4 Å². The predicted molar refractivity (Wildman–Crippen MR) is 42.8 cm³/mol. The van der Waals surface area contributed by atoms with Gasteiger partial charge in [0.25, 0.3) is 0 Å². The lowest BCUT2D eigenvalue weighted by molar-refractivity contribution is 0.651. The average Bonchev–Trinajstić information content (AvgIpc) is 2.05. The van der Waals surface area contributed by atoms with E-state index >= 15 is 0 Å². The Morgan fingerprint density at radius 2 is 2.30 bits per heavy atom. The van der Waals surface area contributed by atoms with Gasteiger partial charge in [0.2, 0.25) is 0 Å². The molecule has 0 fully saturated rings. The molecular weight excluding hydrogens is 122 g/mol. The van der Waals surface area contributed by atoms with E-state index in [1.165, 1.54) is 5.56 Å². The van der Waals surface area contributed by atoms with Crippen molar-refractivity contribution < 1.29 is 0 Å². The van der Waals surface area contributed by atoms with Gasteiger partial charge < -0.3 is 5.32 Å². The molecule has 0 bridgehead atoms. The summed E-state index contributed by atoms with van der Waals surface area (Å²) in [5.74, 6) is 0. The van der Waals surface area contributed by atoms with Crippen molar-refractivity contribution in [2.45, 2.75) is 13.0 Å². The lowest BCUT2D eigenvalue weighted by atomic mass is 10.1. The summed E-state index contributed by atoms with van der Waals surface area (Å²) in [6.45, 7) is 2.12. The van der Waals surface area contributed by atoms with E-state index in [0.717, 1.165) is 0 Å². The van der Waals surface area contributed by atoms with Crippen molar-refractivity contribution in [3.05, 3.63) is 35.9 Å². The molecule has 1 atom stereocenters. The van der Waals surface area contributed by atoms with Gasteiger partial charge in [-0.25, -0.2) is 0 Å². The fraction of sp³-hybridized carbons (Fsp3) is 0.333. The van der Waals surface area contributed by atoms with Crippen LogP contribution in [0, 0.1) is 6.07 Å². The summed E-state index contributed by atoms with van der Waals surface area (Å²) < 4.78 is 0. The third-order valence-corrected chi connectivity index (χ3v) is 1.63. The largest absolute Gasteiger partial charge is 0.313 e. The van der Waals surface area contributed by atoms with Crippen LogP contribution in [0.25, 0.3) is 0 Å². The Kier molecular flexibility index (Phi) is 2.46. The topological polar surface area (TPSA) is 12.0 Å². The molecule has 0 saturated heterocycles. The number of hydrogen-bond donors (Lipinski definition) is 1. The van der Waals surface area contributed by atoms with Crippen LogP contribution in [-0.2, 0) is 0 Å². The molecule has 0 amide bonds. The highest BCUT2D eigenvalue weighted by atomic mass is 14.8. The van der Waals surface area contributed by atoms with Crippen LogP contribution in [0.5, 0.6) is 0 Å². The molecule has 0 saturated carbocycles. The Morgan fingerprint density at radius 1 is 1.50 bits per heavy atom. The van der Waals surface area contributed by atoms with Gasteiger partial charge in [0.05, 0.1) is 0 Å². The molecule has 1 heteroatoms. The molecule has 0 heterocycles. The second-order valence-corrected chi connectivity index (χ2v) is 2.33. The molecule has 10 heavy (non-hydrogen) atoms. The zero-order chi connectivity index (χ0) is 7.40. The van der Waals surface area contributed by atoms with E-state index in [1.54, 1.807) is 0 Å². The zero-order valence-electron chi connectivity index (χ0n) is 6.39. The second-order valence-electron chi connectivity index (χ2n) is 2.33. The van der Waals surface area contributed by atoms with Gasteiger partial charge in [0, 0.05) is 6.04 Å². The molecule has 1 rings (SSSR count). The third-order valence-electron chi connectivity index (χ3n) is 1.63. The van der Waals surface area contributed by atoms with Gasteiger partial charge in [-0.2, -0.15) is 0 Å². The third kappa shape index (κ3) is 1.58. The summed E-state index contributed by atoms with van der Waals surface area (Å²) >= 11 is 0. The van der Waals surface area contributed by atoms with Gasteiger partial charge in [-0.1, -0.05) is 24.3 Å². The van der Waals surface area contributed by atoms with Crippen molar-refractivity contribution in [1.29, 1.82) is 0 Å². The quantitative estimate of drug-likeness (QED) is 0.650. The molecular formula is C9H12N. The molecule has 0 aromatic heterocycles. The highest BCUT2D eigenvalue weighted by Gasteiger charge is 1.98. The van der Waals surface area contributed by atoms with Crippen LogP contribution < -0.4 is 5.32 Å².